The number of carbonyl (C=O) groups excluding carboxylic acids is 1. The number of methoxy groups -OCH3 is 1. The van der Waals surface area contributed by atoms with Crippen molar-refractivity contribution in [1.29, 1.82) is 0 Å². The summed E-state index contributed by atoms with van der Waals surface area (Å²) in [5.74, 6) is 0.361. The van der Waals surface area contributed by atoms with Crippen LogP contribution in [0.2, 0.25) is 5.02 Å². The van der Waals surface area contributed by atoms with Crippen molar-refractivity contribution in [2.45, 2.75) is 0 Å². The van der Waals surface area contributed by atoms with Crippen LogP contribution in [0.1, 0.15) is 15.9 Å². The van der Waals surface area contributed by atoms with Gasteiger partial charge in [0.2, 0.25) is 0 Å². The van der Waals surface area contributed by atoms with E-state index in [1.54, 1.807) is 31.4 Å². The summed E-state index contributed by atoms with van der Waals surface area (Å²) in [4.78, 5) is 11.9. The predicted molar refractivity (Wildman–Crippen MR) is 87.2 cm³/mol. The molecule has 0 aliphatic carbocycles. The number of nitrogens with zero attached hydrogens (tertiary/aromatic N) is 1. The van der Waals surface area contributed by atoms with Gasteiger partial charge in [0.05, 0.1) is 13.3 Å². The summed E-state index contributed by atoms with van der Waals surface area (Å²) in [7, 11) is 1.58. The zero-order valence-corrected chi connectivity index (χ0v) is 13.5. The first-order chi connectivity index (χ1) is 10.1. The highest BCUT2D eigenvalue weighted by Crippen LogP contribution is 2.21. The van der Waals surface area contributed by atoms with E-state index in [-0.39, 0.29) is 5.91 Å². The second-order valence-electron chi connectivity index (χ2n) is 4.09. The van der Waals surface area contributed by atoms with E-state index in [1.807, 2.05) is 18.2 Å². The standard InChI is InChI=1S/C15H12BrClN2O2/c1-21-14-7-4-12(16)8-11(14)9-18-19-15(20)10-2-5-13(17)6-3-10/h2-9H,1H3,(H,19,20)/b18-9+. The van der Waals surface area contributed by atoms with Gasteiger partial charge in [0.1, 0.15) is 5.75 Å². The molecule has 0 atom stereocenters. The van der Waals surface area contributed by atoms with E-state index in [0.717, 1.165) is 10.0 Å². The van der Waals surface area contributed by atoms with Crippen molar-refractivity contribution in [1.82, 2.24) is 5.43 Å². The van der Waals surface area contributed by atoms with Gasteiger partial charge in [-0.1, -0.05) is 27.5 Å². The third kappa shape index (κ3) is 4.31. The summed E-state index contributed by atoms with van der Waals surface area (Å²) in [6, 6.07) is 12.1. The lowest BCUT2D eigenvalue weighted by atomic mass is 10.2. The van der Waals surface area contributed by atoms with Crippen LogP contribution in [0.4, 0.5) is 0 Å². The number of halogens is 2. The van der Waals surface area contributed by atoms with Crippen molar-refractivity contribution in [3.05, 3.63) is 63.1 Å². The van der Waals surface area contributed by atoms with E-state index in [1.165, 1.54) is 6.21 Å². The molecule has 0 saturated heterocycles. The van der Waals surface area contributed by atoms with Gasteiger partial charge in [-0.3, -0.25) is 4.79 Å². The number of carbonyl (C=O) groups is 1. The molecule has 0 unspecified atom stereocenters. The molecule has 0 bridgehead atoms. The topological polar surface area (TPSA) is 50.7 Å². The predicted octanol–water partition coefficient (Wildman–Crippen LogP) is 3.88. The average molecular weight is 368 g/mol. The number of nitrogens with one attached hydrogen (secondary N) is 1. The van der Waals surface area contributed by atoms with Crippen LogP contribution in [0.5, 0.6) is 5.75 Å². The fraction of sp³-hybridized carbons (Fsp3) is 0.0667. The minimum absolute atomic E-state index is 0.308. The van der Waals surface area contributed by atoms with Crippen LogP contribution in [0.25, 0.3) is 0 Å². The molecule has 0 radical (unpaired) electrons. The number of hydrogen-bond donors (Lipinski definition) is 1. The van der Waals surface area contributed by atoms with Gasteiger partial charge < -0.3 is 4.74 Å². The molecule has 2 rings (SSSR count). The first kappa shape index (κ1) is 15.5. The second kappa shape index (κ2) is 7.24. The van der Waals surface area contributed by atoms with Crippen molar-refractivity contribution in [2.75, 3.05) is 7.11 Å². The molecule has 21 heavy (non-hydrogen) atoms. The van der Waals surface area contributed by atoms with E-state index >= 15 is 0 Å². The van der Waals surface area contributed by atoms with Crippen molar-refractivity contribution < 1.29 is 9.53 Å². The first-order valence-electron chi connectivity index (χ1n) is 6.02. The molecule has 0 spiro atoms. The Morgan fingerprint density at radius 1 is 1.29 bits per heavy atom. The third-order valence-electron chi connectivity index (χ3n) is 2.67. The van der Waals surface area contributed by atoms with Crippen molar-refractivity contribution in [3.8, 4) is 5.75 Å². The molecule has 4 nitrogen and oxygen atoms in total. The van der Waals surface area contributed by atoms with Crippen LogP contribution in [-0.2, 0) is 0 Å². The Labute approximate surface area is 135 Å². The molecule has 6 heteroatoms. The smallest absolute Gasteiger partial charge is 0.271 e. The molecule has 1 N–H and O–H groups in total. The largest absolute Gasteiger partial charge is 0.496 e. The number of hydrogen-bond acceptors (Lipinski definition) is 3. The molecule has 1 amide bonds. The maximum absolute atomic E-state index is 11.9. The molecule has 2 aromatic carbocycles. The maximum atomic E-state index is 11.9. The Hall–Kier alpha value is -1.85. The van der Waals surface area contributed by atoms with Gasteiger partial charge in [0.15, 0.2) is 0 Å². The van der Waals surface area contributed by atoms with Gasteiger partial charge in [0, 0.05) is 20.6 Å². The van der Waals surface area contributed by atoms with Gasteiger partial charge in [-0.25, -0.2) is 5.43 Å². The quantitative estimate of drug-likeness (QED) is 0.659. The minimum Gasteiger partial charge on any atom is -0.496 e. The van der Waals surface area contributed by atoms with Crippen molar-refractivity contribution in [3.63, 3.8) is 0 Å². The molecule has 0 aliphatic rings. The summed E-state index contributed by atoms with van der Waals surface area (Å²) in [5, 5.41) is 4.51. The molecule has 0 saturated carbocycles. The van der Waals surface area contributed by atoms with Gasteiger partial charge in [0.25, 0.3) is 5.91 Å². The van der Waals surface area contributed by atoms with Crippen LogP contribution >= 0.6 is 27.5 Å². The first-order valence-corrected chi connectivity index (χ1v) is 7.20. The zero-order chi connectivity index (χ0) is 15.2. The molecule has 108 valence electrons. The lowest BCUT2D eigenvalue weighted by molar-refractivity contribution is 0.0955. The molecule has 0 heterocycles. The molecule has 0 fully saturated rings. The summed E-state index contributed by atoms with van der Waals surface area (Å²) < 4.78 is 6.11. The normalized spacial score (nSPS) is 10.6. The number of amides is 1. The Kier molecular flexibility index (Phi) is 5.36. The van der Waals surface area contributed by atoms with Gasteiger partial charge >= 0.3 is 0 Å². The number of benzene rings is 2. The molecular formula is C15H12BrClN2O2. The molecular weight excluding hydrogens is 356 g/mol. The Bertz CT molecular complexity index is 672. The van der Waals surface area contributed by atoms with E-state index in [4.69, 9.17) is 16.3 Å². The van der Waals surface area contributed by atoms with E-state index < -0.39 is 0 Å². The van der Waals surface area contributed by atoms with Crippen LogP contribution in [0, 0.1) is 0 Å². The van der Waals surface area contributed by atoms with Crippen molar-refractivity contribution in [2.24, 2.45) is 5.10 Å². The van der Waals surface area contributed by atoms with Gasteiger partial charge in [-0.15, -0.1) is 0 Å². The number of ether oxygens (including phenoxy) is 1. The van der Waals surface area contributed by atoms with Crippen LogP contribution in [0.15, 0.2) is 52.0 Å². The lowest BCUT2D eigenvalue weighted by Gasteiger charge is -2.04. The van der Waals surface area contributed by atoms with Crippen molar-refractivity contribution >= 4 is 39.7 Å². The number of hydrazone groups is 1. The summed E-state index contributed by atoms with van der Waals surface area (Å²) in [5.41, 5.74) is 3.69. The highest BCUT2D eigenvalue weighted by atomic mass is 79.9. The SMILES string of the molecule is COc1ccc(Br)cc1/C=N/NC(=O)c1ccc(Cl)cc1. The summed E-state index contributed by atoms with van der Waals surface area (Å²) in [6.07, 6.45) is 1.53. The Balaban J connectivity index is 2.07. The minimum atomic E-state index is -0.308. The van der Waals surface area contributed by atoms with Crippen LogP contribution in [0.3, 0.4) is 0 Å². The fourth-order valence-corrected chi connectivity index (χ4v) is 2.14. The third-order valence-corrected chi connectivity index (χ3v) is 3.41. The molecule has 2 aromatic rings. The molecule has 0 aromatic heterocycles. The summed E-state index contributed by atoms with van der Waals surface area (Å²) >= 11 is 9.14. The van der Waals surface area contributed by atoms with E-state index in [0.29, 0.717) is 16.3 Å². The average Bonchev–Trinajstić information content (AvgIpc) is 2.48. The monoisotopic (exact) mass is 366 g/mol. The number of rotatable bonds is 4. The van der Waals surface area contributed by atoms with Crippen LogP contribution in [-0.4, -0.2) is 19.2 Å². The summed E-state index contributed by atoms with van der Waals surface area (Å²) in [6.45, 7) is 0. The second-order valence-corrected chi connectivity index (χ2v) is 5.44. The fourth-order valence-electron chi connectivity index (χ4n) is 1.63. The van der Waals surface area contributed by atoms with E-state index in [2.05, 4.69) is 26.5 Å². The van der Waals surface area contributed by atoms with Crippen LogP contribution < -0.4 is 10.2 Å². The Morgan fingerprint density at radius 3 is 2.67 bits per heavy atom. The highest BCUT2D eigenvalue weighted by Gasteiger charge is 2.04. The molecule has 0 aliphatic heterocycles. The van der Waals surface area contributed by atoms with Gasteiger partial charge in [-0.2, -0.15) is 5.10 Å². The maximum Gasteiger partial charge on any atom is 0.271 e. The lowest BCUT2D eigenvalue weighted by Crippen LogP contribution is -2.17. The Morgan fingerprint density at radius 2 is 2.00 bits per heavy atom. The zero-order valence-electron chi connectivity index (χ0n) is 11.1. The highest BCUT2D eigenvalue weighted by molar-refractivity contribution is 9.10. The van der Waals surface area contributed by atoms with Gasteiger partial charge in [-0.05, 0) is 42.5 Å². The van der Waals surface area contributed by atoms with E-state index in [9.17, 15) is 4.79 Å².